The van der Waals surface area contributed by atoms with Crippen LogP contribution in [0.25, 0.3) is 44.5 Å². The largest absolute Gasteiger partial charge is 0.310 e. The topological polar surface area (TPSA) is 6.48 Å². The van der Waals surface area contributed by atoms with Crippen LogP contribution in [0, 0.1) is 0 Å². The lowest BCUT2D eigenvalue weighted by atomic mass is 9.64. The zero-order valence-electron chi connectivity index (χ0n) is 41.8. The van der Waals surface area contributed by atoms with E-state index in [2.05, 4.69) is 313 Å². The Morgan fingerprint density at radius 1 is 0.237 bits per heavy atom. The zero-order chi connectivity index (χ0) is 50.2. The van der Waals surface area contributed by atoms with Crippen molar-refractivity contribution in [3.8, 4) is 44.5 Å². The summed E-state index contributed by atoms with van der Waals surface area (Å²) in [5.41, 5.74) is 25.4. The fourth-order valence-corrected chi connectivity index (χ4v) is 13.5. The van der Waals surface area contributed by atoms with Gasteiger partial charge in [-0.25, -0.2) is 0 Å². The Kier molecular flexibility index (Phi) is 10.0. The second kappa shape index (κ2) is 17.4. The number of benzene rings is 12. The predicted octanol–water partition coefficient (Wildman–Crippen LogP) is 19.0. The molecule has 0 fully saturated rings. The molecule has 2 nitrogen and oxygen atoms in total. The Morgan fingerprint density at radius 2 is 0.618 bits per heavy atom. The summed E-state index contributed by atoms with van der Waals surface area (Å²) < 4.78 is 0. The predicted molar refractivity (Wildman–Crippen MR) is 315 cm³/mol. The molecule has 0 radical (unpaired) electrons. The number of hydrogen-bond donors (Lipinski definition) is 0. The number of fused-ring (bicyclic) bond motifs is 12. The van der Waals surface area contributed by atoms with Crippen LogP contribution in [0.2, 0.25) is 0 Å². The highest BCUT2D eigenvalue weighted by Crippen LogP contribution is 2.64. The van der Waals surface area contributed by atoms with Crippen molar-refractivity contribution in [1.29, 1.82) is 0 Å². The minimum absolute atomic E-state index is 0.573. The molecule has 3 aliphatic rings. The first kappa shape index (κ1) is 43.8. The van der Waals surface area contributed by atoms with Gasteiger partial charge in [0.2, 0.25) is 0 Å². The molecule has 12 aromatic rings. The Morgan fingerprint density at radius 3 is 1.17 bits per heavy atom. The molecule has 0 atom stereocenters. The third-order valence-electron chi connectivity index (χ3n) is 16.5. The summed E-state index contributed by atoms with van der Waals surface area (Å²) >= 11 is 0. The van der Waals surface area contributed by atoms with E-state index in [0.717, 1.165) is 28.3 Å². The van der Waals surface area contributed by atoms with Crippen LogP contribution in [0.5, 0.6) is 0 Å². The van der Waals surface area contributed by atoms with E-state index in [9.17, 15) is 0 Å². The van der Waals surface area contributed by atoms with Crippen molar-refractivity contribution in [3.63, 3.8) is 0 Å². The van der Waals surface area contributed by atoms with Crippen LogP contribution in [0.3, 0.4) is 0 Å². The molecule has 2 aliphatic carbocycles. The summed E-state index contributed by atoms with van der Waals surface area (Å²) in [6, 6.07) is 113. The van der Waals surface area contributed by atoms with Crippen molar-refractivity contribution in [2.45, 2.75) is 10.8 Å². The SMILES string of the molecule is c1ccc(-c2ccccc2-c2cccc(N(c3ccc4c(c3)C(c3ccccc3)(c3ccccc3)c3ccccc3-4)c3ccc4c(c3)C3(c5ccccc5-4)c4ccccc4N(c4ccccc4)c4ccccc43)c2)cc1. The van der Waals surface area contributed by atoms with Gasteiger partial charge in [-0.05, 0) is 150 Å². The fourth-order valence-electron chi connectivity index (χ4n) is 13.5. The van der Waals surface area contributed by atoms with E-state index >= 15 is 0 Å². The summed E-state index contributed by atoms with van der Waals surface area (Å²) in [4.78, 5) is 4.98. The Labute approximate surface area is 444 Å². The molecule has 0 aromatic heterocycles. The number of rotatable bonds is 8. The molecule has 0 bridgehead atoms. The number of nitrogens with zero attached hydrogens (tertiary/aromatic N) is 2. The van der Waals surface area contributed by atoms with Gasteiger partial charge in [-0.2, -0.15) is 0 Å². The van der Waals surface area contributed by atoms with Crippen LogP contribution in [-0.2, 0) is 10.8 Å². The molecule has 1 aliphatic heterocycles. The molecule has 1 heterocycles. The van der Waals surface area contributed by atoms with Gasteiger partial charge < -0.3 is 9.80 Å². The minimum atomic E-state index is -0.627. The molecule has 15 rings (SSSR count). The highest BCUT2D eigenvalue weighted by molar-refractivity contribution is 5.98. The Hall–Kier alpha value is -9.76. The molecule has 76 heavy (non-hydrogen) atoms. The molecule has 1 spiro atoms. The third-order valence-corrected chi connectivity index (χ3v) is 16.5. The van der Waals surface area contributed by atoms with Gasteiger partial charge in [0.15, 0.2) is 0 Å². The van der Waals surface area contributed by atoms with Gasteiger partial charge in [-0.3, -0.25) is 0 Å². The standard InChI is InChI=1S/C74H50N2/c1-5-24-51(25-6-1)59-34-13-14-35-60(59)52-26-23-33-56(48-52)75(57-44-46-63-61-36-15-17-38-65(61)73(69(63)49-57,53-27-7-2-8-28-53)54-29-9-3-10-30-54)58-45-47-64-62-37-16-18-39-66(62)74(70(64)50-58)67-40-19-21-42-71(67)76(55-31-11-4-12-32-55)72-43-22-20-41-68(72)74/h1-50H. The molecule has 0 saturated heterocycles. The van der Waals surface area contributed by atoms with Crippen LogP contribution in [0.4, 0.5) is 34.1 Å². The van der Waals surface area contributed by atoms with Crippen molar-refractivity contribution in [1.82, 2.24) is 0 Å². The highest BCUT2D eigenvalue weighted by Gasteiger charge is 2.52. The summed E-state index contributed by atoms with van der Waals surface area (Å²) in [7, 11) is 0. The quantitative estimate of drug-likeness (QED) is 0.150. The van der Waals surface area contributed by atoms with E-state index in [1.54, 1.807) is 0 Å². The molecular formula is C74H50N2. The molecular weight excluding hydrogens is 917 g/mol. The zero-order valence-corrected chi connectivity index (χ0v) is 41.8. The maximum atomic E-state index is 2.52. The van der Waals surface area contributed by atoms with Gasteiger partial charge in [0, 0.05) is 22.7 Å². The van der Waals surface area contributed by atoms with Gasteiger partial charge in [-0.15, -0.1) is 0 Å². The average molecular weight is 967 g/mol. The maximum absolute atomic E-state index is 2.52. The van der Waals surface area contributed by atoms with E-state index < -0.39 is 10.8 Å². The fraction of sp³-hybridized carbons (Fsp3) is 0.0270. The summed E-state index contributed by atoms with van der Waals surface area (Å²) in [6.45, 7) is 0. The first-order valence-corrected chi connectivity index (χ1v) is 26.4. The normalized spacial score (nSPS) is 13.7. The number of para-hydroxylation sites is 3. The van der Waals surface area contributed by atoms with Crippen LogP contribution in [-0.4, -0.2) is 0 Å². The van der Waals surface area contributed by atoms with Crippen molar-refractivity contribution in [3.05, 3.63) is 348 Å². The van der Waals surface area contributed by atoms with E-state index in [1.807, 2.05) is 0 Å². The number of hydrogen-bond acceptors (Lipinski definition) is 2. The Balaban J connectivity index is 1.01. The van der Waals surface area contributed by atoms with Crippen molar-refractivity contribution in [2.75, 3.05) is 9.80 Å². The molecule has 12 aromatic carbocycles. The summed E-state index contributed by atoms with van der Waals surface area (Å²) in [5, 5.41) is 0. The van der Waals surface area contributed by atoms with Gasteiger partial charge in [0.05, 0.1) is 22.2 Å². The Bertz CT molecular complexity index is 4090. The highest BCUT2D eigenvalue weighted by atomic mass is 15.2. The second-order valence-electron chi connectivity index (χ2n) is 20.3. The second-order valence-corrected chi connectivity index (χ2v) is 20.3. The average Bonchev–Trinajstić information content (AvgIpc) is 4.01. The van der Waals surface area contributed by atoms with Crippen LogP contribution < -0.4 is 9.80 Å². The smallest absolute Gasteiger partial charge is 0.0755 e. The van der Waals surface area contributed by atoms with Crippen molar-refractivity contribution >= 4 is 34.1 Å². The molecule has 0 N–H and O–H groups in total. The van der Waals surface area contributed by atoms with E-state index in [4.69, 9.17) is 0 Å². The van der Waals surface area contributed by atoms with Gasteiger partial charge in [0.1, 0.15) is 0 Å². The van der Waals surface area contributed by atoms with Gasteiger partial charge in [-0.1, -0.05) is 243 Å². The molecule has 356 valence electrons. The lowest BCUT2D eigenvalue weighted by Gasteiger charge is -2.45. The molecule has 2 heteroatoms. The van der Waals surface area contributed by atoms with Crippen molar-refractivity contribution < 1.29 is 0 Å². The summed E-state index contributed by atoms with van der Waals surface area (Å²) in [5.74, 6) is 0. The molecule has 0 amide bonds. The van der Waals surface area contributed by atoms with Crippen LogP contribution >= 0.6 is 0 Å². The lowest BCUT2D eigenvalue weighted by molar-refractivity contribution is 0.752. The van der Waals surface area contributed by atoms with E-state index in [0.29, 0.717) is 0 Å². The van der Waals surface area contributed by atoms with Gasteiger partial charge >= 0.3 is 0 Å². The number of anilines is 6. The lowest BCUT2D eigenvalue weighted by Crippen LogP contribution is -2.36. The monoisotopic (exact) mass is 966 g/mol. The minimum Gasteiger partial charge on any atom is -0.310 e. The van der Waals surface area contributed by atoms with Crippen LogP contribution in [0.15, 0.2) is 303 Å². The van der Waals surface area contributed by atoms with Crippen molar-refractivity contribution in [2.24, 2.45) is 0 Å². The van der Waals surface area contributed by atoms with Crippen LogP contribution in [0.1, 0.15) is 44.5 Å². The third kappa shape index (κ3) is 6.34. The van der Waals surface area contributed by atoms with E-state index in [-0.39, 0.29) is 0 Å². The molecule has 0 unspecified atom stereocenters. The molecule has 0 saturated carbocycles. The first-order chi connectivity index (χ1) is 37.7. The first-order valence-electron chi connectivity index (χ1n) is 26.4. The summed E-state index contributed by atoms with van der Waals surface area (Å²) in [6.07, 6.45) is 0. The van der Waals surface area contributed by atoms with Gasteiger partial charge in [0.25, 0.3) is 0 Å². The van der Waals surface area contributed by atoms with E-state index in [1.165, 1.54) is 94.8 Å². The maximum Gasteiger partial charge on any atom is 0.0755 e.